The molecule has 0 saturated heterocycles. The first-order chi connectivity index (χ1) is 8.38. The van der Waals surface area contributed by atoms with E-state index in [0.717, 1.165) is 25.7 Å². The van der Waals surface area contributed by atoms with Gasteiger partial charge in [0.15, 0.2) is 6.61 Å². The lowest BCUT2D eigenvalue weighted by molar-refractivity contribution is -0.160. The van der Waals surface area contributed by atoms with Gasteiger partial charge >= 0.3 is 12.3 Å². The molecule has 1 fully saturated rings. The smallest absolute Gasteiger partial charge is 0.422 e. The van der Waals surface area contributed by atoms with Crippen LogP contribution in [-0.2, 0) is 4.74 Å². The van der Waals surface area contributed by atoms with Crippen LogP contribution in [0.2, 0.25) is 0 Å². The van der Waals surface area contributed by atoms with E-state index in [-0.39, 0.29) is 6.04 Å². The topological polar surface area (TPSA) is 38.3 Å². The highest BCUT2D eigenvalue weighted by Gasteiger charge is 2.30. The van der Waals surface area contributed by atoms with Gasteiger partial charge in [-0.2, -0.15) is 13.2 Å². The molecule has 0 radical (unpaired) electrons. The van der Waals surface area contributed by atoms with Crippen LogP contribution in [0, 0.1) is 5.92 Å². The molecule has 0 spiro atoms. The average Bonchev–Trinajstić information content (AvgIpc) is 2.54. The van der Waals surface area contributed by atoms with E-state index >= 15 is 0 Å². The van der Waals surface area contributed by atoms with Crippen molar-refractivity contribution in [3.63, 3.8) is 0 Å². The summed E-state index contributed by atoms with van der Waals surface area (Å²) in [5.74, 6) is 0.339. The van der Waals surface area contributed by atoms with E-state index in [1.807, 2.05) is 6.92 Å². The molecule has 0 unspecified atom stereocenters. The summed E-state index contributed by atoms with van der Waals surface area (Å²) in [5, 5.41) is 2.49. The summed E-state index contributed by atoms with van der Waals surface area (Å²) in [6.45, 7) is 0.293. The number of rotatable bonds is 3. The average molecular weight is 267 g/mol. The number of hydrogen-bond donors (Lipinski definition) is 1. The van der Waals surface area contributed by atoms with Gasteiger partial charge in [-0.1, -0.05) is 25.7 Å². The zero-order chi connectivity index (χ0) is 13.6. The summed E-state index contributed by atoms with van der Waals surface area (Å²) in [4.78, 5) is 11.2. The molecule has 1 aliphatic rings. The molecule has 18 heavy (non-hydrogen) atoms. The highest BCUT2D eigenvalue weighted by molar-refractivity contribution is 5.67. The number of carbonyl (C=O) groups is 1. The van der Waals surface area contributed by atoms with Crippen molar-refractivity contribution in [1.82, 2.24) is 5.32 Å². The number of ether oxygens (including phenoxy) is 1. The number of alkyl halides is 3. The Kier molecular flexibility index (Phi) is 5.75. The number of amides is 1. The second-order valence-electron chi connectivity index (χ2n) is 4.88. The van der Waals surface area contributed by atoms with Crippen LogP contribution >= 0.6 is 0 Å². The van der Waals surface area contributed by atoms with Crippen molar-refractivity contribution in [2.75, 3.05) is 6.61 Å². The van der Waals surface area contributed by atoms with E-state index in [9.17, 15) is 18.0 Å². The quantitative estimate of drug-likeness (QED) is 0.793. The fraction of sp³-hybridized carbons (Fsp3) is 0.917. The van der Waals surface area contributed by atoms with Crippen molar-refractivity contribution in [2.45, 2.75) is 57.7 Å². The van der Waals surface area contributed by atoms with Crippen LogP contribution in [0.25, 0.3) is 0 Å². The van der Waals surface area contributed by atoms with E-state index in [1.165, 1.54) is 12.8 Å². The van der Waals surface area contributed by atoms with Crippen LogP contribution in [0.5, 0.6) is 0 Å². The molecule has 0 aromatic rings. The Balaban J connectivity index is 2.29. The molecule has 0 bridgehead atoms. The van der Waals surface area contributed by atoms with Gasteiger partial charge in [0.05, 0.1) is 0 Å². The van der Waals surface area contributed by atoms with Gasteiger partial charge in [0.25, 0.3) is 0 Å². The first kappa shape index (κ1) is 15.1. The SMILES string of the molecule is C[C@@H](NC(=O)OCC(F)(F)F)C1CCCCCC1. The third-order valence-electron chi connectivity index (χ3n) is 3.32. The van der Waals surface area contributed by atoms with Crippen LogP contribution in [0.4, 0.5) is 18.0 Å². The zero-order valence-corrected chi connectivity index (χ0v) is 10.6. The van der Waals surface area contributed by atoms with Gasteiger partial charge in [-0.15, -0.1) is 0 Å². The van der Waals surface area contributed by atoms with Gasteiger partial charge in [0, 0.05) is 6.04 Å². The summed E-state index contributed by atoms with van der Waals surface area (Å²) in [5.41, 5.74) is 0. The first-order valence-corrected chi connectivity index (χ1v) is 6.38. The lowest BCUT2D eigenvalue weighted by Gasteiger charge is -2.23. The summed E-state index contributed by atoms with van der Waals surface area (Å²) in [6, 6.07) is -0.135. The molecular weight excluding hydrogens is 247 g/mol. The van der Waals surface area contributed by atoms with Crippen LogP contribution in [0.1, 0.15) is 45.4 Å². The molecule has 6 heteroatoms. The molecule has 0 aromatic carbocycles. The molecular formula is C12H20F3NO2. The van der Waals surface area contributed by atoms with Crippen molar-refractivity contribution >= 4 is 6.09 Å². The highest BCUT2D eigenvalue weighted by Crippen LogP contribution is 2.25. The molecule has 106 valence electrons. The largest absolute Gasteiger partial charge is 0.440 e. The number of halogens is 3. The Hall–Kier alpha value is -0.940. The van der Waals surface area contributed by atoms with Gasteiger partial charge in [-0.25, -0.2) is 4.79 Å². The minimum atomic E-state index is -4.47. The predicted molar refractivity (Wildman–Crippen MR) is 61.2 cm³/mol. The zero-order valence-electron chi connectivity index (χ0n) is 10.6. The second-order valence-corrected chi connectivity index (χ2v) is 4.88. The van der Waals surface area contributed by atoms with Gasteiger partial charge < -0.3 is 10.1 Å². The van der Waals surface area contributed by atoms with Crippen LogP contribution < -0.4 is 5.32 Å². The van der Waals surface area contributed by atoms with Crippen molar-refractivity contribution in [3.8, 4) is 0 Å². The number of hydrogen-bond acceptors (Lipinski definition) is 2. The maximum absolute atomic E-state index is 11.9. The Morgan fingerprint density at radius 1 is 1.28 bits per heavy atom. The van der Waals surface area contributed by atoms with E-state index in [4.69, 9.17) is 0 Å². The van der Waals surface area contributed by atoms with Crippen molar-refractivity contribution in [1.29, 1.82) is 0 Å². The number of carbonyl (C=O) groups excluding carboxylic acids is 1. The number of nitrogens with one attached hydrogen (secondary N) is 1. The lowest BCUT2D eigenvalue weighted by Crippen LogP contribution is -2.39. The molecule has 0 heterocycles. The van der Waals surface area contributed by atoms with Crippen LogP contribution in [0.15, 0.2) is 0 Å². The molecule has 1 rings (SSSR count). The molecule has 1 N–H and O–H groups in total. The Bertz CT molecular complexity index is 261. The number of alkyl carbamates (subject to hydrolysis) is 1. The fourth-order valence-corrected chi connectivity index (χ4v) is 2.30. The molecule has 0 aromatic heterocycles. The van der Waals surface area contributed by atoms with Gasteiger partial charge in [-0.3, -0.25) is 0 Å². The molecule has 0 aliphatic heterocycles. The molecule has 1 amide bonds. The minimum absolute atomic E-state index is 0.135. The summed E-state index contributed by atoms with van der Waals surface area (Å²) in [7, 11) is 0. The minimum Gasteiger partial charge on any atom is -0.440 e. The van der Waals surface area contributed by atoms with Crippen LogP contribution in [-0.4, -0.2) is 24.9 Å². The maximum Gasteiger partial charge on any atom is 0.422 e. The van der Waals surface area contributed by atoms with Crippen molar-refractivity contribution in [3.05, 3.63) is 0 Å². The highest BCUT2D eigenvalue weighted by atomic mass is 19.4. The van der Waals surface area contributed by atoms with E-state index < -0.39 is 18.9 Å². The van der Waals surface area contributed by atoms with E-state index in [1.54, 1.807) is 0 Å². The van der Waals surface area contributed by atoms with E-state index in [2.05, 4.69) is 10.1 Å². The van der Waals surface area contributed by atoms with Crippen molar-refractivity contribution < 1.29 is 22.7 Å². The molecule has 1 atom stereocenters. The van der Waals surface area contributed by atoms with Crippen LogP contribution in [0.3, 0.4) is 0 Å². The van der Waals surface area contributed by atoms with Gasteiger partial charge in [0.2, 0.25) is 0 Å². The van der Waals surface area contributed by atoms with E-state index in [0.29, 0.717) is 5.92 Å². The third-order valence-corrected chi connectivity index (χ3v) is 3.32. The summed E-state index contributed by atoms with van der Waals surface area (Å²) < 4.78 is 39.7. The molecule has 1 aliphatic carbocycles. The van der Waals surface area contributed by atoms with Gasteiger partial charge in [-0.05, 0) is 25.7 Å². The van der Waals surface area contributed by atoms with Crippen molar-refractivity contribution in [2.24, 2.45) is 5.92 Å². The predicted octanol–water partition coefficient (Wildman–Crippen LogP) is 3.63. The molecule has 3 nitrogen and oxygen atoms in total. The monoisotopic (exact) mass is 267 g/mol. The normalized spacial score (nSPS) is 20.0. The third kappa shape index (κ3) is 6.12. The second kappa shape index (κ2) is 6.85. The maximum atomic E-state index is 11.9. The Morgan fingerprint density at radius 3 is 2.33 bits per heavy atom. The molecule has 1 saturated carbocycles. The fourth-order valence-electron chi connectivity index (χ4n) is 2.30. The first-order valence-electron chi connectivity index (χ1n) is 6.38. The Morgan fingerprint density at radius 2 is 1.83 bits per heavy atom. The van der Waals surface area contributed by atoms with Gasteiger partial charge in [0.1, 0.15) is 0 Å². The summed E-state index contributed by atoms with van der Waals surface area (Å²) >= 11 is 0. The lowest BCUT2D eigenvalue weighted by atomic mass is 9.93. The standard InChI is InChI=1S/C12H20F3NO2/c1-9(10-6-4-2-3-5-7-10)16-11(17)18-8-12(13,14)15/h9-10H,2-8H2,1H3,(H,16,17)/t9-/m1/s1. The summed E-state index contributed by atoms with van der Waals surface area (Å²) in [6.07, 6.45) is 1.21. The Labute approximate surface area is 105 Å².